The average molecular weight is 271 g/mol. The number of benzene rings is 1. The van der Waals surface area contributed by atoms with E-state index in [0.29, 0.717) is 6.54 Å². The van der Waals surface area contributed by atoms with Gasteiger partial charge >= 0.3 is 0 Å². The summed E-state index contributed by atoms with van der Waals surface area (Å²) in [7, 11) is 1.61. The van der Waals surface area contributed by atoms with Crippen molar-refractivity contribution < 1.29 is 9.53 Å². The first-order valence-corrected chi connectivity index (χ1v) is 6.71. The van der Waals surface area contributed by atoms with E-state index < -0.39 is 0 Å². The normalized spacial score (nSPS) is 17.4. The number of rotatable bonds is 3. The topological polar surface area (TPSA) is 56.1 Å². The van der Waals surface area contributed by atoms with Crippen LogP contribution in [0.1, 0.15) is 12.2 Å². The lowest BCUT2D eigenvalue weighted by Crippen LogP contribution is -2.31. The van der Waals surface area contributed by atoms with Crippen molar-refractivity contribution in [3.05, 3.63) is 42.5 Å². The lowest BCUT2D eigenvalue weighted by Gasteiger charge is -2.23. The van der Waals surface area contributed by atoms with E-state index in [1.54, 1.807) is 13.3 Å². The lowest BCUT2D eigenvalue weighted by atomic mass is 9.98. The summed E-state index contributed by atoms with van der Waals surface area (Å²) in [5.74, 6) is 1.85. The molecule has 0 bridgehead atoms. The standard InChI is InChI=1S/C15H17N3O2/c1-20-13-4-2-3-12(9-13)17-15(19)11-5-6-14-16-7-8-18(14)10-11/h2-4,7-9,11H,5-6,10H2,1H3,(H,17,19). The zero-order valence-corrected chi connectivity index (χ0v) is 11.4. The smallest absolute Gasteiger partial charge is 0.229 e. The third kappa shape index (κ3) is 2.52. The molecule has 1 N–H and O–H groups in total. The van der Waals surface area contributed by atoms with Crippen LogP contribution in [0.25, 0.3) is 0 Å². The van der Waals surface area contributed by atoms with Crippen LogP contribution in [0.4, 0.5) is 5.69 Å². The fraction of sp³-hybridized carbons (Fsp3) is 0.333. The van der Waals surface area contributed by atoms with E-state index in [1.807, 2.05) is 30.5 Å². The summed E-state index contributed by atoms with van der Waals surface area (Å²) in [6.45, 7) is 0.700. The second-order valence-electron chi connectivity index (χ2n) is 4.95. The van der Waals surface area contributed by atoms with Gasteiger partial charge in [-0.05, 0) is 18.6 Å². The number of anilines is 1. The van der Waals surface area contributed by atoms with Crippen LogP contribution in [-0.2, 0) is 17.8 Å². The maximum atomic E-state index is 12.3. The molecular weight excluding hydrogens is 254 g/mol. The first-order chi connectivity index (χ1) is 9.76. The van der Waals surface area contributed by atoms with E-state index in [1.165, 1.54) is 0 Å². The third-order valence-corrected chi connectivity index (χ3v) is 3.64. The molecular formula is C15H17N3O2. The van der Waals surface area contributed by atoms with E-state index in [4.69, 9.17) is 4.74 Å². The number of nitrogens with one attached hydrogen (secondary N) is 1. The monoisotopic (exact) mass is 271 g/mol. The molecule has 1 aliphatic heterocycles. The summed E-state index contributed by atoms with van der Waals surface area (Å²) in [4.78, 5) is 16.6. The number of carbonyl (C=O) groups is 1. The Morgan fingerprint density at radius 1 is 1.50 bits per heavy atom. The number of fused-ring (bicyclic) bond motifs is 1. The molecule has 5 heteroatoms. The van der Waals surface area contributed by atoms with Crippen LogP contribution >= 0.6 is 0 Å². The highest BCUT2D eigenvalue weighted by Crippen LogP contribution is 2.22. The number of hydrogen-bond acceptors (Lipinski definition) is 3. The highest BCUT2D eigenvalue weighted by Gasteiger charge is 2.24. The molecule has 1 amide bonds. The molecule has 3 rings (SSSR count). The van der Waals surface area contributed by atoms with Crippen molar-refractivity contribution in [1.82, 2.24) is 9.55 Å². The number of imidazole rings is 1. The van der Waals surface area contributed by atoms with Gasteiger partial charge in [0.2, 0.25) is 5.91 Å². The number of amides is 1. The minimum absolute atomic E-state index is 0.0112. The predicted octanol–water partition coefficient (Wildman–Crippen LogP) is 2.09. The molecule has 20 heavy (non-hydrogen) atoms. The number of carbonyl (C=O) groups excluding carboxylic acids is 1. The Labute approximate surface area is 117 Å². The molecule has 0 radical (unpaired) electrons. The molecule has 0 aliphatic carbocycles. The zero-order chi connectivity index (χ0) is 13.9. The molecule has 1 unspecified atom stereocenters. The van der Waals surface area contributed by atoms with Crippen LogP contribution in [0.2, 0.25) is 0 Å². The van der Waals surface area contributed by atoms with Gasteiger partial charge in [-0.3, -0.25) is 4.79 Å². The molecule has 5 nitrogen and oxygen atoms in total. The number of aryl methyl sites for hydroxylation is 1. The number of ether oxygens (including phenoxy) is 1. The van der Waals surface area contributed by atoms with Gasteiger partial charge in [0.15, 0.2) is 0 Å². The van der Waals surface area contributed by atoms with Gasteiger partial charge in [-0.1, -0.05) is 6.07 Å². The molecule has 1 aromatic carbocycles. The van der Waals surface area contributed by atoms with Gasteiger partial charge in [-0.15, -0.1) is 0 Å². The molecule has 0 saturated heterocycles. The Balaban J connectivity index is 1.68. The summed E-state index contributed by atoms with van der Waals surface area (Å²) in [5.41, 5.74) is 0.769. The Bertz CT molecular complexity index is 621. The number of methoxy groups -OCH3 is 1. The molecule has 1 aromatic heterocycles. The van der Waals surface area contributed by atoms with Gasteiger partial charge in [-0.2, -0.15) is 0 Å². The Morgan fingerprint density at radius 2 is 2.40 bits per heavy atom. The van der Waals surface area contributed by atoms with Crippen LogP contribution in [0.15, 0.2) is 36.7 Å². The largest absolute Gasteiger partial charge is 0.497 e. The van der Waals surface area contributed by atoms with Crippen molar-refractivity contribution in [2.45, 2.75) is 19.4 Å². The summed E-state index contributed by atoms with van der Waals surface area (Å²) in [5, 5.41) is 2.96. The van der Waals surface area contributed by atoms with Crippen molar-refractivity contribution in [3.8, 4) is 5.75 Å². The SMILES string of the molecule is COc1cccc(NC(=O)C2CCc3nccn3C2)c1. The van der Waals surface area contributed by atoms with Crippen molar-refractivity contribution in [3.63, 3.8) is 0 Å². The molecule has 2 heterocycles. The first-order valence-electron chi connectivity index (χ1n) is 6.71. The molecule has 0 fully saturated rings. The van der Waals surface area contributed by atoms with Crippen LogP contribution in [-0.4, -0.2) is 22.6 Å². The Kier molecular flexibility index (Phi) is 3.41. The van der Waals surface area contributed by atoms with Crippen LogP contribution in [0.3, 0.4) is 0 Å². The molecule has 1 aliphatic rings. The molecule has 2 aromatic rings. The third-order valence-electron chi connectivity index (χ3n) is 3.64. The maximum Gasteiger partial charge on any atom is 0.229 e. The van der Waals surface area contributed by atoms with Gasteiger partial charge in [0.05, 0.1) is 13.0 Å². The van der Waals surface area contributed by atoms with Gasteiger partial charge in [0, 0.05) is 37.1 Å². The van der Waals surface area contributed by atoms with Gasteiger partial charge in [-0.25, -0.2) is 4.98 Å². The van der Waals surface area contributed by atoms with E-state index >= 15 is 0 Å². The van der Waals surface area contributed by atoms with Crippen molar-refractivity contribution in [2.75, 3.05) is 12.4 Å². The van der Waals surface area contributed by atoms with E-state index in [0.717, 1.165) is 30.1 Å². The Morgan fingerprint density at radius 3 is 3.25 bits per heavy atom. The van der Waals surface area contributed by atoms with Crippen molar-refractivity contribution in [1.29, 1.82) is 0 Å². The molecule has 0 spiro atoms. The molecule has 0 saturated carbocycles. The lowest BCUT2D eigenvalue weighted by molar-refractivity contribution is -0.120. The quantitative estimate of drug-likeness (QED) is 0.930. The summed E-state index contributed by atoms with van der Waals surface area (Å²) in [6, 6.07) is 7.41. The predicted molar refractivity (Wildman–Crippen MR) is 75.7 cm³/mol. The fourth-order valence-corrected chi connectivity index (χ4v) is 2.53. The average Bonchev–Trinajstić information content (AvgIpc) is 2.94. The van der Waals surface area contributed by atoms with Crippen molar-refractivity contribution >= 4 is 11.6 Å². The minimum atomic E-state index is -0.0112. The highest BCUT2D eigenvalue weighted by atomic mass is 16.5. The maximum absolute atomic E-state index is 12.3. The number of aromatic nitrogens is 2. The van der Waals surface area contributed by atoms with Crippen molar-refractivity contribution in [2.24, 2.45) is 5.92 Å². The summed E-state index contributed by atoms with van der Waals surface area (Å²) < 4.78 is 7.21. The number of nitrogens with zero attached hydrogens (tertiary/aromatic N) is 2. The van der Waals surface area contributed by atoms with Crippen LogP contribution in [0, 0.1) is 5.92 Å². The van der Waals surface area contributed by atoms with Crippen LogP contribution < -0.4 is 10.1 Å². The zero-order valence-electron chi connectivity index (χ0n) is 11.4. The van der Waals surface area contributed by atoms with E-state index in [-0.39, 0.29) is 11.8 Å². The summed E-state index contributed by atoms with van der Waals surface area (Å²) in [6.07, 6.45) is 5.41. The highest BCUT2D eigenvalue weighted by molar-refractivity contribution is 5.92. The fourth-order valence-electron chi connectivity index (χ4n) is 2.53. The Hall–Kier alpha value is -2.30. The number of hydrogen-bond donors (Lipinski definition) is 1. The minimum Gasteiger partial charge on any atom is -0.497 e. The second kappa shape index (κ2) is 5.36. The van der Waals surface area contributed by atoms with E-state index in [9.17, 15) is 4.79 Å². The second-order valence-corrected chi connectivity index (χ2v) is 4.95. The van der Waals surface area contributed by atoms with Gasteiger partial charge in [0.1, 0.15) is 11.6 Å². The van der Waals surface area contributed by atoms with E-state index in [2.05, 4.69) is 14.9 Å². The molecule has 104 valence electrons. The van der Waals surface area contributed by atoms with Gasteiger partial charge < -0.3 is 14.6 Å². The summed E-state index contributed by atoms with van der Waals surface area (Å²) >= 11 is 0. The first kappa shape index (κ1) is 12.7. The van der Waals surface area contributed by atoms with Crippen LogP contribution in [0.5, 0.6) is 5.75 Å². The van der Waals surface area contributed by atoms with Gasteiger partial charge in [0.25, 0.3) is 0 Å². The molecule has 1 atom stereocenters.